The van der Waals surface area contributed by atoms with E-state index in [0.717, 1.165) is 56.1 Å². The number of fused-ring (bicyclic) bond motifs is 11. The zero-order valence-corrected chi connectivity index (χ0v) is 36.6. The van der Waals surface area contributed by atoms with E-state index in [1.54, 1.807) is 0 Å². The zero-order chi connectivity index (χ0) is 43.6. The predicted octanol–water partition coefficient (Wildman–Crippen LogP) is 18.5. The Bertz CT molecular complexity index is 3930. The number of thiophene rings is 1. The van der Waals surface area contributed by atoms with Crippen LogP contribution in [0, 0.1) is 0 Å². The molecule has 66 heavy (non-hydrogen) atoms. The quantitative estimate of drug-likeness (QED) is 0.142. The molecule has 0 amide bonds. The summed E-state index contributed by atoms with van der Waals surface area (Å²) in [6, 6.07) is 87.4. The van der Waals surface area contributed by atoms with Crippen LogP contribution in [0.15, 0.2) is 247 Å². The van der Waals surface area contributed by atoms with Crippen LogP contribution in [0.4, 0.5) is 34.1 Å². The Kier molecular flexibility index (Phi) is 9.03. The van der Waals surface area contributed by atoms with Crippen molar-refractivity contribution >= 4 is 109 Å². The van der Waals surface area contributed by atoms with Gasteiger partial charge < -0.3 is 14.2 Å². The number of hydrogen-bond donors (Lipinski definition) is 0. The van der Waals surface area contributed by atoms with Gasteiger partial charge in [-0.05, 0) is 106 Å². The third-order valence-corrected chi connectivity index (χ3v) is 14.2. The molecular weight excluding hydrogens is 821 g/mol. The molecule has 0 aliphatic carbocycles. The van der Waals surface area contributed by atoms with Gasteiger partial charge in [0.2, 0.25) is 0 Å². The lowest BCUT2D eigenvalue weighted by Gasteiger charge is -2.28. The van der Waals surface area contributed by atoms with Crippen molar-refractivity contribution < 1.29 is 4.42 Å². The number of benzene rings is 11. The number of anilines is 6. The maximum atomic E-state index is 6.61. The summed E-state index contributed by atoms with van der Waals surface area (Å²) < 4.78 is 9.16. The number of furan rings is 1. The smallest absolute Gasteiger partial charge is 0.159 e. The molecule has 0 atom stereocenters. The van der Waals surface area contributed by atoms with Gasteiger partial charge in [-0.15, -0.1) is 11.3 Å². The molecular formula is C62H40N2OS. The molecule has 0 spiro atoms. The Hall–Kier alpha value is -8.44. The van der Waals surface area contributed by atoms with E-state index in [1.807, 2.05) is 17.4 Å². The highest BCUT2D eigenvalue weighted by Crippen LogP contribution is 2.48. The van der Waals surface area contributed by atoms with E-state index in [2.05, 4.69) is 246 Å². The highest BCUT2D eigenvalue weighted by Gasteiger charge is 2.22. The van der Waals surface area contributed by atoms with Crippen molar-refractivity contribution in [2.45, 2.75) is 0 Å². The molecule has 0 saturated carbocycles. The van der Waals surface area contributed by atoms with Crippen molar-refractivity contribution in [2.24, 2.45) is 0 Å². The first-order chi connectivity index (χ1) is 32.7. The van der Waals surface area contributed by atoms with Crippen LogP contribution >= 0.6 is 11.3 Å². The Morgan fingerprint density at radius 1 is 0.318 bits per heavy atom. The number of hydrogen-bond acceptors (Lipinski definition) is 4. The molecule has 0 radical (unpaired) electrons. The molecule has 0 bridgehead atoms. The third-order valence-electron chi connectivity index (χ3n) is 13.0. The summed E-state index contributed by atoms with van der Waals surface area (Å²) in [4.78, 5) is 4.70. The topological polar surface area (TPSA) is 19.6 Å². The van der Waals surface area contributed by atoms with Crippen molar-refractivity contribution in [3.63, 3.8) is 0 Å². The lowest BCUT2D eigenvalue weighted by molar-refractivity contribution is 0.669. The first kappa shape index (κ1) is 38.1. The molecule has 4 heteroatoms. The molecule has 2 aromatic heterocycles. The van der Waals surface area contributed by atoms with Gasteiger partial charge in [0.05, 0.1) is 11.4 Å². The van der Waals surface area contributed by atoms with Gasteiger partial charge in [0.15, 0.2) is 5.58 Å². The minimum absolute atomic E-state index is 0.878. The molecule has 2 heterocycles. The summed E-state index contributed by atoms with van der Waals surface area (Å²) in [6.45, 7) is 0. The fraction of sp³-hybridized carbons (Fsp3) is 0. The number of rotatable bonds is 8. The lowest BCUT2D eigenvalue weighted by atomic mass is 9.94. The molecule has 0 N–H and O–H groups in total. The van der Waals surface area contributed by atoms with Crippen LogP contribution in [0.3, 0.4) is 0 Å². The monoisotopic (exact) mass is 860 g/mol. The minimum Gasteiger partial charge on any atom is -0.454 e. The highest BCUT2D eigenvalue weighted by atomic mass is 32.1. The molecule has 13 rings (SSSR count). The highest BCUT2D eigenvalue weighted by molar-refractivity contribution is 7.27. The van der Waals surface area contributed by atoms with E-state index >= 15 is 0 Å². The molecule has 0 aliphatic heterocycles. The average molecular weight is 861 g/mol. The molecule has 0 saturated heterocycles. The molecule has 11 aromatic carbocycles. The molecule has 310 valence electrons. The second kappa shape index (κ2) is 15.7. The Balaban J connectivity index is 0.928. The Morgan fingerprint density at radius 3 is 1.65 bits per heavy atom. The normalized spacial score (nSPS) is 11.6. The van der Waals surface area contributed by atoms with Crippen molar-refractivity contribution in [1.29, 1.82) is 0 Å². The molecule has 0 unspecified atom stereocenters. The summed E-state index contributed by atoms with van der Waals surface area (Å²) >= 11 is 1.88. The summed E-state index contributed by atoms with van der Waals surface area (Å²) in [5.74, 6) is 0. The van der Waals surface area contributed by atoms with Crippen LogP contribution in [0.5, 0.6) is 0 Å². The van der Waals surface area contributed by atoms with Crippen LogP contribution in [-0.2, 0) is 0 Å². The largest absolute Gasteiger partial charge is 0.454 e. The average Bonchev–Trinajstić information content (AvgIpc) is 3.97. The zero-order valence-electron chi connectivity index (χ0n) is 35.8. The van der Waals surface area contributed by atoms with Crippen LogP contribution in [0.1, 0.15) is 0 Å². The van der Waals surface area contributed by atoms with Gasteiger partial charge in [-0.2, -0.15) is 0 Å². The van der Waals surface area contributed by atoms with Gasteiger partial charge in [0.1, 0.15) is 5.58 Å². The van der Waals surface area contributed by atoms with E-state index < -0.39 is 0 Å². The van der Waals surface area contributed by atoms with E-state index in [9.17, 15) is 0 Å². The van der Waals surface area contributed by atoms with Gasteiger partial charge in [-0.3, -0.25) is 0 Å². The lowest BCUT2D eigenvalue weighted by Crippen LogP contribution is -2.11. The standard InChI is InChI=1S/C62H40N2OS/c1-4-17-42(18-5-1)48-23-12-14-28-56(48)63(44-19-6-2-7-20-44)46-34-31-41(32-35-46)43-33-37-53-55(39-43)49-24-10-11-26-51(49)60-54-38-36-47(40-59(54)66-62(53)60)64(45-21-8-3-9-22-45)57-29-16-27-52-50-25-13-15-30-58(50)65-61(52)57/h1-40H. The fourth-order valence-corrected chi connectivity index (χ4v) is 11.3. The maximum Gasteiger partial charge on any atom is 0.159 e. The van der Waals surface area contributed by atoms with Crippen LogP contribution in [-0.4, -0.2) is 0 Å². The Labute approximate surface area is 386 Å². The van der Waals surface area contributed by atoms with Gasteiger partial charge in [0.25, 0.3) is 0 Å². The predicted molar refractivity (Wildman–Crippen MR) is 282 cm³/mol. The van der Waals surface area contributed by atoms with E-state index in [4.69, 9.17) is 4.42 Å². The fourth-order valence-electron chi connectivity index (χ4n) is 10.0. The summed E-state index contributed by atoms with van der Waals surface area (Å²) in [5.41, 5.74) is 13.0. The SMILES string of the molecule is c1ccc(-c2ccccc2N(c2ccccc2)c2ccc(-c3ccc4c(c3)c3ccccc3c3c5ccc(N(c6ccccc6)c6cccc7c6oc6ccccc67)cc5sc43)cc2)cc1. The second-order valence-corrected chi connectivity index (χ2v) is 17.9. The van der Waals surface area contributed by atoms with Crippen LogP contribution < -0.4 is 9.80 Å². The minimum atomic E-state index is 0.878. The van der Waals surface area contributed by atoms with E-state index in [1.165, 1.54) is 64.0 Å². The Morgan fingerprint density at radius 2 is 0.879 bits per heavy atom. The van der Waals surface area contributed by atoms with E-state index in [0.29, 0.717) is 0 Å². The summed E-state index contributed by atoms with van der Waals surface area (Å²) in [5, 5.41) is 9.87. The molecule has 13 aromatic rings. The van der Waals surface area contributed by atoms with Gasteiger partial charge >= 0.3 is 0 Å². The van der Waals surface area contributed by atoms with Crippen LogP contribution in [0.2, 0.25) is 0 Å². The molecule has 0 aliphatic rings. The first-order valence-corrected chi connectivity index (χ1v) is 23.2. The number of nitrogens with zero attached hydrogens (tertiary/aromatic N) is 2. The molecule has 0 fully saturated rings. The van der Waals surface area contributed by atoms with Crippen molar-refractivity contribution in [3.8, 4) is 22.3 Å². The molecule has 3 nitrogen and oxygen atoms in total. The van der Waals surface area contributed by atoms with Crippen molar-refractivity contribution in [1.82, 2.24) is 0 Å². The summed E-state index contributed by atoms with van der Waals surface area (Å²) in [7, 11) is 0. The van der Waals surface area contributed by atoms with Crippen molar-refractivity contribution in [3.05, 3.63) is 243 Å². The maximum absolute atomic E-state index is 6.61. The third kappa shape index (κ3) is 6.26. The van der Waals surface area contributed by atoms with Gasteiger partial charge in [-0.1, -0.05) is 170 Å². The van der Waals surface area contributed by atoms with Gasteiger partial charge in [0, 0.05) is 64.6 Å². The second-order valence-electron chi connectivity index (χ2n) is 16.8. The summed E-state index contributed by atoms with van der Waals surface area (Å²) in [6.07, 6.45) is 0. The van der Waals surface area contributed by atoms with Crippen molar-refractivity contribution in [2.75, 3.05) is 9.80 Å². The number of para-hydroxylation sites is 5. The van der Waals surface area contributed by atoms with Gasteiger partial charge in [-0.25, -0.2) is 0 Å². The van der Waals surface area contributed by atoms with Crippen LogP contribution in [0.25, 0.3) is 85.9 Å². The first-order valence-electron chi connectivity index (χ1n) is 22.4. The van der Waals surface area contributed by atoms with E-state index in [-0.39, 0.29) is 0 Å².